The average molecular weight is 218 g/mol. The highest BCUT2D eigenvalue weighted by atomic mass is 35.5. The molecule has 15 heavy (non-hydrogen) atoms. The molecule has 0 radical (unpaired) electrons. The zero-order valence-corrected chi connectivity index (χ0v) is 8.61. The van der Waals surface area contributed by atoms with Crippen LogP contribution in [-0.4, -0.2) is 11.3 Å². The molecule has 0 spiro atoms. The first-order valence-electron chi connectivity index (χ1n) is 4.48. The molecule has 0 N–H and O–H groups in total. The van der Waals surface area contributed by atoms with Gasteiger partial charge in [-0.15, -0.1) is 0 Å². The maximum Gasteiger partial charge on any atom is 0.150 e. The van der Waals surface area contributed by atoms with Crippen LogP contribution in [0.2, 0.25) is 5.15 Å². The van der Waals surface area contributed by atoms with Crippen molar-refractivity contribution in [2.24, 2.45) is 0 Å². The monoisotopic (exact) mass is 217 g/mol. The minimum absolute atomic E-state index is 0.353. The predicted molar refractivity (Wildman–Crippen MR) is 60.1 cm³/mol. The number of nitrogens with zero attached hydrogens (tertiary/aromatic N) is 1. The Bertz CT molecular complexity index is 482. The van der Waals surface area contributed by atoms with Crippen molar-refractivity contribution in [1.82, 2.24) is 4.98 Å². The fourth-order valence-electron chi connectivity index (χ4n) is 1.44. The molecule has 1 heterocycles. The number of benzene rings is 1. The molecule has 1 aromatic carbocycles. The van der Waals surface area contributed by atoms with E-state index in [1.54, 1.807) is 6.07 Å². The summed E-state index contributed by atoms with van der Waals surface area (Å²) in [4.78, 5) is 14.8. The summed E-state index contributed by atoms with van der Waals surface area (Å²) in [5.41, 5.74) is 2.15. The summed E-state index contributed by atoms with van der Waals surface area (Å²) in [5.74, 6) is 0. The van der Waals surface area contributed by atoms with Gasteiger partial charge < -0.3 is 0 Å². The Morgan fingerprint density at radius 2 is 1.87 bits per heavy atom. The standard InChI is InChI=1S/C12H8ClNO/c13-12-11(9-4-2-1-3-5-9)10(8-15)6-7-14-12/h1-8H. The minimum Gasteiger partial charge on any atom is -0.298 e. The third kappa shape index (κ3) is 1.90. The van der Waals surface area contributed by atoms with E-state index in [4.69, 9.17) is 11.6 Å². The van der Waals surface area contributed by atoms with E-state index in [9.17, 15) is 4.79 Å². The predicted octanol–water partition coefficient (Wildman–Crippen LogP) is 3.21. The summed E-state index contributed by atoms with van der Waals surface area (Å²) in [6.45, 7) is 0. The molecule has 0 aliphatic rings. The average Bonchev–Trinajstić information content (AvgIpc) is 2.29. The number of hydrogen-bond donors (Lipinski definition) is 0. The van der Waals surface area contributed by atoms with Crippen LogP contribution < -0.4 is 0 Å². The molecular weight excluding hydrogens is 210 g/mol. The van der Waals surface area contributed by atoms with Gasteiger partial charge in [0.25, 0.3) is 0 Å². The molecule has 74 valence electrons. The Balaban J connectivity index is 2.66. The highest BCUT2D eigenvalue weighted by Gasteiger charge is 2.08. The number of carbonyl (C=O) groups excluding carboxylic acids is 1. The molecule has 0 saturated carbocycles. The van der Waals surface area contributed by atoms with E-state index in [0.29, 0.717) is 16.3 Å². The topological polar surface area (TPSA) is 30.0 Å². The van der Waals surface area contributed by atoms with E-state index in [1.807, 2.05) is 30.3 Å². The summed E-state index contributed by atoms with van der Waals surface area (Å²) in [5, 5.41) is 0.353. The van der Waals surface area contributed by atoms with Crippen LogP contribution in [-0.2, 0) is 0 Å². The second kappa shape index (κ2) is 4.24. The van der Waals surface area contributed by atoms with Gasteiger partial charge in [0.1, 0.15) is 5.15 Å². The molecular formula is C12H8ClNO. The van der Waals surface area contributed by atoms with Crippen LogP contribution in [0.3, 0.4) is 0 Å². The second-order valence-electron chi connectivity index (χ2n) is 3.05. The molecule has 0 atom stereocenters. The van der Waals surface area contributed by atoms with Crippen LogP contribution in [0, 0.1) is 0 Å². The number of rotatable bonds is 2. The highest BCUT2D eigenvalue weighted by Crippen LogP contribution is 2.28. The molecule has 2 nitrogen and oxygen atoms in total. The highest BCUT2D eigenvalue weighted by molar-refractivity contribution is 6.32. The maximum atomic E-state index is 10.9. The lowest BCUT2D eigenvalue weighted by Crippen LogP contribution is -1.90. The molecule has 0 saturated heterocycles. The zero-order valence-electron chi connectivity index (χ0n) is 7.85. The Morgan fingerprint density at radius 1 is 1.13 bits per heavy atom. The van der Waals surface area contributed by atoms with Gasteiger partial charge in [0.2, 0.25) is 0 Å². The Kier molecular flexibility index (Phi) is 2.79. The van der Waals surface area contributed by atoms with Gasteiger partial charge in [0.15, 0.2) is 6.29 Å². The van der Waals surface area contributed by atoms with Crippen LogP contribution in [0.15, 0.2) is 42.6 Å². The number of halogens is 1. The molecule has 0 amide bonds. The lowest BCUT2D eigenvalue weighted by molar-refractivity contribution is 0.112. The van der Waals surface area contributed by atoms with Gasteiger partial charge in [-0.3, -0.25) is 4.79 Å². The van der Waals surface area contributed by atoms with Crippen molar-refractivity contribution in [3.63, 3.8) is 0 Å². The Morgan fingerprint density at radius 3 is 2.53 bits per heavy atom. The molecule has 0 fully saturated rings. The number of carbonyl (C=O) groups is 1. The third-order valence-corrected chi connectivity index (χ3v) is 2.41. The fraction of sp³-hybridized carbons (Fsp3) is 0. The summed E-state index contributed by atoms with van der Waals surface area (Å²) in [6.07, 6.45) is 2.31. The SMILES string of the molecule is O=Cc1ccnc(Cl)c1-c1ccccc1. The van der Waals surface area contributed by atoms with E-state index in [2.05, 4.69) is 4.98 Å². The normalized spacial score (nSPS) is 9.93. The van der Waals surface area contributed by atoms with E-state index in [-0.39, 0.29) is 0 Å². The van der Waals surface area contributed by atoms with Crippen molar-refractivity contribution >= 4 is 17.9 Å². The van der Waals surface area contributed by atoms with Crippen molar-refractivity contribution < 1.29 is 4.79 Å². The number of pyridine rings is 1. The molecule has 0 aliphatic heterocycles. The number of aromatic nitrogens is 1. The van der Waals surface area contributed by atoms with Crippen molar-refractivity contribution in [2.75, 3.05) is 0 Å². The maximum absolute atomic E-state index is 10.9. The summed E-state index contributed by atoms with van der Waals surface area (Å²) < 4.78 is 0. The van der Waals surface area contributed by atoms with E-state index in [0.717, 1.165) is 11.8 Å². The minimum atomic E-state index is 0.353. The Hall–Kier alpha value is -1.67. The van der Waals surface area contributed by atoms with Crippen LogP contribution in [0.25, 0.3) is 11.1 Å². The second-order valence-corrected chi connectivity index (χ2v) is 3.41. The van der Waals surface area contributed by atoms with Gasteiger partial charge in [-0.1, -0.05) is 41.9 Å². The first-order valence-corrected chi connectivity index (χ1v) is 4.86. The smallest absolute Gasteiger partial charge is 0.150 e. The fourth-order valence-corrected chi connectivity index (χ4v) is 1.71. The van der Waals surface area contributed by atoms with Crippen molar-refractivity contribution in [3.05, 3.63) is 53.3 Å². The van der Waals surface area contributed by atoms with E-state index in [1.165, 1.54) is 6.20 Å². The Labute approximate surface area is 92.5 Å². The molecule has 3 heteroatoms. The van der Waals surface area contributed by atoms with E-state index < -0.39 is 0 Å². The van der Waals surface area contributed by atoms with Gasteiger partial charge >= 0.3 is 0 Å². The van der Waals surface area contributed by atoms with Gasteiger partial charge in [0, 0.05) is 17.3 Å². The van der Waals surface area contributed by atoms with Crippen molar-refractivity contribution in [3.8, 4) is 11.1 Å². The van der Waals surface area contributed by atoms with Crippen molar-refractivity contribution in [2.45, 2.75) is 0 Å². The van der Waals surface area contributed by atoms with Gasteiger partial charge in [-0.25, -0.2) is 4.98 Å². The van der Waals surface area contributed by atoms with Crippen LogP contribution in [0.4, 0.5) is 0 Å². The van der Waals surface area contributed by atoms with Crippen LogP contribution in [0.5, 0.6) is 0 Å². The van der Waals surface area contributed by atoms with Gasteiger partial charge in [-0.05, 0) is 11.6 Å². The quantitative estimate of drug-likeness (QED) is 0.571. The van der Waals surface area contributed by atoms with Gasteiger partial charge in [0.05, 0.1) is 0 Å². The molecule has 2 aromatic rings. The lowest BCUT2D eigenvalue weighted by atomic mass is 10.0. The summed E-state index contributed by atoms with van der Waals surface area (Å²) in [7, 11) is 0. The van der Waals surface area contributed by atoms with Gasteiger partial charge in [-0.2, -0.15) is 0 Å². The molecule has 2 rings (SSSR count). The molecule has 0 unspecified atom stereocenters. The van der Waals surface area contributed by atoms with Crippen molar-refractivity contribution in [1.29, 1.82) is 0 Å². The molecule has 1 aromatic heterocycles. The first-order chi connectivity index (χ1) is 7.33. The third-order valence-electron chi connectivity index (χ3n) is 2.13. The molecule has 0 bridgehead atoms. The number of hydrogen-bond acceptors (Lipinski definition) is 2. The first kappa shape index (κ1) is 9.87. The summed E-state index contributed by atoms with van der Waals surface area (Å²) in [6, 6.07) is 11.2. The van der Waals surface area contributed by atoms with Crippen LogP contribution >= 0.6 is 11.6 Å². The van der Waals surface area contributed by atoms with Crippen LogP contribution in [0.1, 0.15) is 10.4 Å². The molecule has 0 aliphatic carbocycles. The summed E-state index contributed by atoms with van der Waals surface area (Å²) >= 11 is 5.97. The van der Waals surface area contributed by atoms with E-state index >= 15 is 0 Å². The number of aldehydes is 1. The zero-order chi connectivity index (χ0) is 10.7. The largest absolute Gasteiger partial charge is 0.298 e. The lowest BCUT2D eigenvalue weighted by Gasteiger charge is -2.05.